The quantitative estimate of drug-likeness (QED) is 0.472. The van der Waals surface area contributed by atoms with Crippen LogP contribution in [-0.4, -0.2) is 22.8 Å². The van der Waals surface area contributed by atoms with Crippen LogP contribution in [0.5, 0.6) is 0 Å². The predicted molar refractivity (Wildman–Crippen MR) is 46.9 cm³/mol. The number of aliphatic hydroxyl groups is 1. The Morgan fingerprint density at radius 1 is 1.42 bits per heavy atom. The molecule has 0 spiro atoms. The minimum absolute atomic E-state index is 0.187. The molecule has 2 N–H and O–H groups in total. The lowest BCUT2D eigenvalue weighted by atomic mass is 10.1. The predicted octanol–water partition coefficient (Wildman–Crippen LogP) is 1.57. The molecule has 0 saturated heterocycles. The zero-order valence-electron chi connectivity index (χ0n) is 7.42. The van der Waals surface area contributed by atoms with E-state index in [2.05, 4.69) is 6.92 Å². The monoisotopic (exact) mass is 172 g/mol. The van der Waals surface area contributed by atoms with Crippen LogP contribution in [-0.2, 0) is 4.79 Å². The second kappa shape index (κ2) is 6.85. The normalized spacial score (nSPS) is 11.7. The number of aliphatic carboxylic acids is 1. The summed E-state index contributed by atoms with van der Waals surface area (Å²) in [5, 5.41) is 17.1. The van der Waals surface area contributed by atoms with E-state index in [4.69, 9.17) is 10.2 Å². The Hall–Kier alpha value is -0.830. The first kappa shape index (κ1) is 11.2. The molecule has 0 unspecified atom stereocenters. The molecule has 0 aliphatic rings. The molecule has 0 saturated carbocycles. The van der Waals surface area contributed by atoms with Crippen molar-refractivity contribution in [3.63, 3.8) is 0 Å². The molecule has 0 aliphatic heterocycles. The molecule has 0 bridgehead atoms. The van der Waals surface area contributed by atoms with E-state index in [1.165, 1.54) is 6.08 Å². The summed E-state index contributed by atoms with van der Waals surface area (Å²) in [4.78, 5) is 10.5. The van der Waals surface area contributed by atoms with Gasteiger partial charge >= 0.3 is 5.97 Å². The molecular formula is C9H16O3. The van der Waals surface area contributed by atoms with Crippen LogP contribution < -0.4 is 0 Å². The molecule has 0 radical (unpaired) electrons. The summed E-state index contributed by atoms with van der Waals surface area (Å²) >= 11 is 0. The summed E-state index contributed by atoms with van der Waals surface area (Å²) in [5.41, 5.74) is 0.325. The maximum absolute atomic E-state index is 10.5. The van der Waals surface area contributed by atoms with Gasteiger partial charge in [0.25, 0.3) is 0 Å². The van der Waals surface area contributed by atoms with E-state index in [1.807, 2.05) is 0 Å². The zero-order valence-corrected chi connectivity index (χ0v) is 7.42. The SMILES string of the molecule is CCCCC/C(=C/CO)C(=O)O. The molecule has 0 amide bonds. The third-order valence-electron chi connectivity index (χ3n) is 1.66. The first-order valence-electron chi connectivity index (χ1n) is 4.25. The zero-order chi connectivity index (χ0) is 9.40. The summed E-state index contributed by atoms with van der Waals surface area (Å²) in [5.74, 6) is -0.917. The van der Waals surface area contributed by atoms with Crippen LogP contribution in [0.3, 0.4) is 0 Å². The average molecular weight is 172 g/mol. The van der Waals surface area contributed by atoms with Gasteiger partial charge in [-0.3, -0.25) is 0 Å². The van der Waals surface area contributed by atoms with Crippen molar-refractivity contribution in [3.8, 4) is 0 Å². The van der Waals surface area contributed by atoms with Crippen LogP contribution in [0, 0.1) is 0 Å². The van der Waals surface area contributed by atoms with E-state index < -0.39 is 5.97 Å². The third-order valence-corrected chi connectivity index (χ3v) is 1.66. The molecule has 0 heterocycles. The van der Waals surface area contributed by atoms with E-state index in [-0.39, 0.29) is 6.61 Å². The lowest BCUT2D eigenvalue weighted by Crippen LogP contribution is -2.01. The molecule has 0 rings (SSSR count). The van der Waals surface area contributed by atoms with E-state index >= 15 is 0 Å². The number of hydrogen-bond donors (Lipinski definition) is 2. The van der Waals surface area contributed by atoms with Crippen LogP contribution in [0.4, 0.5) is 0 Å². The number of rotatable bonds is 6. The van der Waals surface area contributed by atoms with Crippen LogP contribution in [0.15, 0.2) is 11.6 Å². The van der Waals surface area contributed by atoms with Crippen molar-refractivity contribution in [2.24, 2.45) is 0 Å². The third kappa shape index (κ3) is 4.91. The fourth-order valence-electron chi connectivity index (χ4n) is 0.972. The lowest BCUT2D eigenvalue weighted by Gasteiger charge is -2.00. The van der Waals surface area contributed by atoms with Gasteiger partial charge in [0.1, 0.15) is 0 Å². The lowest BCUT2D eigenvalue weighted by molar-refractivity contribution is -0.132. The van der Waals surface area contributed by atoms with Gasteiger partial charge in [0.05, 0.1) is 6.61 Å². The van der Waals surface area contributed by atoms with E-state index in [9.17, 15) is 4.79 Å². The molecular weight excluding hydrogens is 156 g/mol. The Balaban J connectivity index is 3.81. The summed E-state index contributed by atoms with van der Waals surface area (Å²) in [6.07, 6.45) is 4.92. The van der Waals surface area contributed by atoms with Crippen LogP contribution in [0.2, 0.25) is 0 Å². The van der Waals surface area contributed by atoms with Crippen molar-refractivity contribution in [2.45, 2.75) is 32.6 Å². The topological polar surface area (TPSA) is 57.5 Å². The average Bonchev–Trinajstić information content (AvgIpc) is 2.03. The summed E-state index contributed by atoms with van der Waals surface area (Å²) < 4.78 is 0. The van der Waals surface area contributed by atoms with Gasteiger partial charge in [-0.15, -0.1) is 0 Å². The molecule has 3 nitrogen and oxygen atoms in total. The smallest absolute Gasteiger partial charge is 0.331 e. The van der Waals surface area contributed by atoms with Gasteiger partial charge in [0.2, 0.25) is 0 Å². The number of carbonyl (C=O) groups is 1. The number of carboxylic acid groups (broad SMARTS) is 1. The molecule has 0 fully saturated rings. The maximum atomic E-state index is 10.5. The van der Waals surface area contributed by atoms with Gasteiger partial charge in [-0.05, 0) is 18.9 Å². The van der Waals surface area contributed by atoms with Gasteiger partial charge in [-0.1, -0.05) is 19.8 Å². The van der Waals surface area contributed by atoms with Crippen LogP contribution in [0.1, 0.15) is 32.6 Å². The molecule has 12 heavy (non-hydrogen) atoms. The Labute approximate surface area is 72.7 Å². The van der Waals surface area contributed by atoms with Crippen molar-refractivity contribution in [1.29, 1.82) is 0 Å². The second-order valence-electron chi connectivity index (χ2n) is 2.67. The summed E-state index contributed by atoms with van der Waals surface area (Å²) in [6.45, 7) is 1.88. The summed E-state index contributed by atoms with van der Waals surface area (Å²) in [6, 6.07) is 0. The molecule has 0 aromatic carbocycles. The Bertz CT molecular complexity index is 161. The van der Waals surface area contributed by atoms with E-state index in [0.717, 1.165) is 19.3 Å². The first-order chi connectivity index (χ1) is 5.72. The van der Waals surface area contributed by atoms with Crippen molar-refractivity contribution in [1.82, 2.24) is 0 Å². The minimum Gasteiger partial charge on any atom is -0.478 e. The molecule has 3 heteroatoms. The van der Waals surface area contributed by atoms with Crippen molar-refractivity contribution >= 4 is 5.97 Å². The number of aliphatic hydroxyl groups excluding tert-OH is 1. The Kier molecular flexibility index (Phi) is 6.38. The standard InChI is InChI=1S/C9H16O3/c1-2-3-4-5-8(6-7-10)9(11)12/h6,10H,2-5,7H2,1H3,(H,11,12)/b8-6-. The van der Waals surface area contributed by atoms with E-state index in [0.29, 0.717) is 12.0 Å². The molecule has 70 valence electrons. The van der Waals surface area contributed by atoms with Gasteiger partial charge in [0, 0.05) is 5.57 Å². The highest BCUT2D eigenvalue weighted by Crippen LogP contribution is 2.08. The second-order valence-corrected chi connectivity index (χ2v) is 2.67. The Morgan fingerprint density at radius 2 is 2.08 bits per heavy atom. The van der Waals surface area contributed by atoms with Gasteiger partial charge in [-0.2, -0.15) is 0 Å². The molecule has 0 aliphatic carbocycles. The summed E-state index contributed by atoms with van der Waals surface area (Å²) in [7, 11) is 0. The fraction of sp³-hybridized carbons (Fsp3) is 0.667. The highest BCUT2D eigenvalue weighted by atomic mass is 16.4. The van der Waals surface area contributed by atoms with Crippen LogP contribution in [0.25, 0.3) is 0 Å². The highest BCUT2D eigenvalue weighted by Gasteiger charge is 2.04. The highest BCUT2D eigenvalue weighted by molar-refractivity contribution is 5.86. The first-order valence-corrected chi connectivity index (χ1v) is 4.25. The minimum atomic E-state index is -0.917. The van der Waals surface area contributed by atoms with Crippen molar-refractivity contribution < 1.29 is 15.0 Å². The van der Waals surface area contributed by atoms with Crippen molar-refractivity contribution in [3.05, 3.63) is 11.6 Å². The van der Waals surface area contributed by atoms with Gasteiger partial charge in [0.15, 0.2) is 0 Å². The maximum Gasteiger partial charge on any atom is 0.331 e. The van der Waals surface area contributed by atoms with Crippen molar-refractivity contribution in [2.75, 3.05) is 6.61 Å². The molecule has 0 aromatic rings. The van der Waals surface area contributed by atoms with Gasteiger partial charge in [-0.25, -0.2) is 4.79 Å². The largest absolute Gasteiger partial charge is 0.478 e. The molecule has 0 aromatic heterocycles. The van der Waals surface area contributed by atoms with Gasteiger partial charge < -0.3 is 10.2 Å². The molecule has 0 atom stereocenters. The number of carboxylic acids is 1. The number of hydrogen-bond acceptors (Lipinski definition) is 2. The fourth-order valence-corrected chi connectivity index (χ4v) is 0.972. The number of unbranched alkanes of at least 4 members (excludes halogenated alkanes) is 2. The van der Waals surface area contributed by atoms with Crippen LogP contribution >= 0.6 is 0 Å². The van der Waals surface area contributed by atoms with E-state index in [1.54, 1.807) is 0 Å². The Morgan fingerprint density at radius 3 is 2.50 bits per heavy atom.